The first kappa shape index (κ1) is 18.0. The van der Waals surface area contributed by atoms with Crippen molar-refractivity contribution in [1.29, 1.82) is 0 Å². The molecule has 3 heteroatoms. The maximum absolute atomic E-state index is 12.8. The van der Waals surface area contributed by atoms with E-state index in [-0.39, 0.29) is 5.78 Å². The van der Waals surface area contributed by atoms with Crippen molar-refractivity contribution >= 4 is 17.9 Å². The molecule has 0 amide bonds. The van der Waals surface area contributed by atoms with Crippen LogP contribution in [0.1, 0.15) is 46.2 Å². The Balaban J connectivity index is 1.91. The molecule has 0 spiro atoms. The van der Waals surface area contributed by atoms with Gasteiger partial charge < -0.3 is 10.2 Å². The van der Waals surface area contributed by atoms with Crippen molar-refractivity contribution in [3.63, 3.8) is 0 Å². The average Bonchev–Trinajstić information content (AvgIpc) is 2.90. The van der Waals surface area contributed by atoms with E-state index in [9.17, 15) is 15.0 Å². The summed E-state index contributed by atoms with van der Waals surface area (Å²) < 4.78 is 0. The van der Waals surface area contributed by atoms with Gasteiger partial charge in [-0.15, -0.1) is 0 Å². The predicted molar refractivity (Wildman–Crippen MR) is 105 cm³/mol. The molecule has 1 aliphatic carbocycles. The molecule has 0 bridgehead atoms. The lowest BCUT2D eigenvalue weighted by atomic mass is 10.0. The van der Waals surface area contributed by atoms with Gasteiger partial charge in [0.15, 0.2) is 5.78 Å². The molecular weight excluding hydrogens is 324 g/mol. The van der Waals surface area contributed by atoms with Gasteiger partial charge in [-0.25, -0.2) is 0 Å². The Kier molecular flexibility index (Phi) is 4.73. The van der Waals surface area contributed by atoms with Crippen molar-refractivity contribution in [2.24, 2.45) is 0 Å². The highest BCUT2D eigenvalue weighted by Crippen LogP contribution is 2.32. The fourth-order valence-electron chi connectivity index (χ4n) is 3.53. The number of rotatable bonds is 2. The zero-order valence-corrected chi connectivity index (χ0v) is 15.7. The summed E-state index contributed by atoms with van der Waals surface area (Å²) >= 11 is 0. The van der Waals surface area contributed by atoms with E-state index in [0.29, 0.717) is 11.5 Å². The summed E-state index contributed by atoms with van der Waals surface area (Å²) in [6.45, 7) is 7.45. The molecule has 0 aromatic heterocycles. The Morgan fingerprint density at radius 3 is 1.31 bits per heavy atom. The van der Waals surface area contributed by atoms with Crippen molar-refractivity contribution in [2.45, 2.75) is 40.5 Å². The van der Waals surface area contributed by atoms with Crippen LogP contribution in [0, 0.1) is 27.7 Å². The smallest absolute Gasteiger partial charge is 0.185 e. The third-order valence-electron chi connectivity index (χ3n) is 4.96. The summed E-state index contributed by atoms with van der Waals surface area (Å²) in [4.78, 5) is 12.8. The largest absolute Gasteiger partial charge is 0.507 e. The summed E-state index contributed by atoms with van der Waals surface area (Å²) in [6.07, 6.45) is 5.30. The highest BCUT2D eigenvalue weighted by atomic mass is 16.3. The van der Waals surface area contributed by atoms with Crippen molar-refractivity contribution in [1.82, 2.24) is 0 Å². The first-order chi connectivity index (χ1) is 12.3. The van der Waals surface area contributed by atoms with E-state index in [1.165, 1.54) is 0 Å². The fraction of sp³-hybridized carbons (Fsp3) is 0.261. The number of allylic oxidation sites excluding steroid dienone is 2. The number of phenolic OH excluding ortho intramolecular Hbond substituents is 2. The second-order valence-electron chi connectivity index (χ2n) is 7.17. The second-order valence-corrected chi connectivity index (χ2v) is 7.17. The zero-order valence-electron chi connectivity index (χ0n) is 15.7. The predicted octanol–water partition coefficient (Wildman–Crippen LogP) is 5.16. The third kappa shape index (κ3) is 3.43. The molecule has 2 N–H and O–H groups in total. The van der Waals surface area contributed by atoms with Crippen LogP contribution in [0.5, 0.6) is 11.5 Å². The number of hydrogen-bond acceptors (Lipinski definition) is 3. The molecule has 2 aromatic carbocycles. The number of Topliss-reactive ketones (excluding diaryl/α,β-unsaturated/α-hetero) is 1. The maximum Gasteiger partial charge on any atom is 0.185 e. The first-order valence-corrected chi connectivity index (χ1v) is 8.82. The lowest BCUT2D eigenvalue weighted by Gasteiger charge is -2.06. The van der Waals surface area contributed by atoms with Crippen LogP contribution in [0.4, 0.5) is 0 Å². The number of carbonyl (C=O) groups is 1. The number of aromatic hydroxyl groups is 2. The molecule has 3 rings (SSSR count). The molecule has 0 heterocycles. The van der Waals surface area contributed by atoms with Gasteiger partial charge in [-0.1, -0.05) is 0 Å². The molecule has 0 atom stereocenters. The minimum atomic E-state index is 0.0803. The molecule has 1 fully saturated rings. The van der Waals surface area contributed by atoms with Crippen LogP contribution in [0.15, 0.2) is 35.4 Å². The van der Waals surface area contributed by atoms with Crippen LogP contribution in [0.25, 0.3) is 12.2 Å². The molecule has 26 heavy (non-hydrogen) atoms. The van der Waals surface area contributed by atoms with Crippen LogP contribution >= 0.6 is 0 Å². The van der Waals surface area contributed by atoms with E-state index in [1.807, 2.05) is 64.1 Å². The number of ketones is 1. The van der Waals surface area contributed by atoms with Crippen molar-refractivity contribution < 1.29 is 15.0 Å². The Morgan fingerprint density at radius 1 is 0.692 bits per heavy atom. The normalized spacial score (nSPS) is 17.5. The van der Waals surface area contributed by atoms with Crippen LogP contribution in [-0.4, -0.2) is 16.0 Å². The van der Waals surface area contributed by atoms with Gasteiger partial charge in [0.25, 0.3) is 0 Å². The molecule has 134 valence electrons. The van der Waals surface area contributed by atoms with E-state index in [2.05, 4.69) is 0 Å². The van der Waals surface area contributed by atoms with Gasteiger partial charge in [-0.2, -0.15) is 0 Å². The topological polar surface area (TPSA) is 57.5 Å². The van der Waals surface area contributed by atoms with Crippen molar-refractivity contribution in [2.75, 3.05) is 0 Å². The summed E-state index contributed by atoms with van der Waals surface area (Å²) in [5, 5.41) is 19.8. The summed E-state index contributed by atoms with van der Waals surface area (Å²) in [7, 11) is 0. The van der Waals surface area contributed by atoms with Gasteiger partial charge >= 0.3 is 0 Å². The highest BCUT2D eigenvalue weighted by Gasteiger charge is 2.23. The lowest BCUT2D eigenvalue weighted by Crippen LogP contribution is -1.96. The number of aryl methyl sites for hydroxylation is 4. The van der Waals surface area contributed by atoms with Gasteiger partial charge in [-0.3, -0.25) is 4.79 Å². The highest BCUT2D eigenvalue weighted by molar-refractivity contribution is 6.15. The third-order valence-corrected chi connectivity index (χ3v) is 4.96. The minimum absolute atomic E-state index is 0.0803. The Morgan fingerprint density at radius 2 is 1.00 bits per heavy atom. The van der Waals surface area contributed by atoms with E-state index in [4.69, 9.17) is 0 Å². The number of phenols is 2. The zero-order chi connectivity index (χ0) is 19.0. The Hall–Kier alpha value is -2.81. The quantitative estimate of drug-likeness (QED) is 0.737. The summed E-state index contributed by atoms with van der Waals surface area (Å²) in [5.74, 6) is 0.698. The van der Waals surface area contributed by atoms with E-state index < -0.39 is 0 Å². The molecule has 0 radical (unpaired) electrons. The van der Waals surface area contributed by atoms with Gasteiger partial charge in [0.2, 0.25) is 0 Å². The Labute approximate surface area is 154 Å². The number of carbonyl (C=O) groups excluding carboxylic acids is 1. The molecule has 2 aromatic rings. The second kappa shape index (κ2) is 6.83. The van der Waals surface area contributed by atoms with Crippen molar-refractivity contribution in [3.05, 3.63) is 68.8 Å². The molecule has 3 nitrogen and oxygen atoms in total. The fourth-order valence-corrected chi connectivity index (χ4v) is 3.53. The van der Waals surface area contributed by atoms with Crippen LogP contribution < -0.4 is 0 Å². The first-order valence-electron chi connectivity index (χ1n) is 8.82. The standard InChI is InChI=1S/C23H24O3/c1-13-7-17(8-14(2)21(13)24)11-19-5-6-20(23(19)26)12-18-9-15(3)22(25)16(4)10-18/h7-12,24-25H,5-6H2,1-4H3/b19-11+,20-12?. The monoisotopic (exact) mass is 348 g/mol. The molecule has 0 aliphatic heterocycles. The van der Waals surface area contributed by atoms with Crippen LogP contribution in [-0.2, 0) is 4.79 Å². The Bertz CT molecular complexity index is 838. The van der Waals surface area contributed by atoms with Gasteiger partial charge in [0, 0.05) is 11.1 Å². The van der Waals surface area contributed by atoms with Crippen LogP contribution in [0.2, 0.25) is 0 Å². The minimum Gasteiger partial charge on any atom is -0.507 e. The molecule has 1 saturated carbocycles. The van der Waals surface area contributed by atoms with Crippen LogP contribution in [0.3, 0.4) is 0 Å². The lowest BCUT2D eigenvalue weighted by molar-refractivity contribution is -0.111. The van der Waals surface area contributed by atoms with E-state index in [0.717, 1.165) is 57.4 Å². The van der Waals surface area contributed by atoms with E-state index in [1.54, 1.807) is 0 Å². The molecule has 0 unspecified atom stereocenters. The average molecular weight is 348 g/mol. The maximum atomic E-state index is 12.8. The number of benzene rings is 2. The van der Waals surface area contributed by atoms with E-state index >= 15 is 0 Å². The van der Waals surface area contributed by atoms with Gasteiger partial charge in [0.05, 0.1) is 0 Å². The summed E-state index contributed by atoms with van der Waals surface area (Å²) in [6, 6.07) is 7.60. The van der Waals surface area contributed by atoms with Crippen molar-refractivity contribution in [3.8, 4) is 11.5 Å². The molecular formula is C23H24O3. The summed E-state index contributed by atoms with van der Waals surface area (Å²) in [5.41, 5.74) is 6.74. The molecule has 0 saturated heterocycles. The van der Waals surface area contributed by atoms with Gasteiger partial charge in [0.1, 0.15) is 11.5 Å². The number of hydrogen-bond donors (Lipinski definition) is 2. The SMILES string of the molecule is Cc1cc(C=C2CC/C(=C\c3cc(C)c(O)c(C)c3)C2=O)cc(C)c1O. The molecule has 1 aliphatic rings. The van der Waals surface area contributed by atoms with Gasteiger partial charge in [-0.05, 0) is 110 Å².